The fraction of sp³-hybridized carbons (Fsp3) is 0. The number of halogens is 1. The molecule has 0 saturated heterocycles. The van der Waals surface area contributed by atoms with Crippen molar-refractivity contribution in [1.82, 2.24) is 4.98 Å². The standard InChI is InChI=1S/C12H10ClN3O/c13-10-2-1-8(7-11(10)14)12(17)16-9-3-5-15-6-4-9/h1-7H,14H2,(H,15,16,17). The monoisotopic (exact) mass is 247 g/mol. The first-order valence-electron chi connectivity index (χ1n) is 4.93. The molecule has 1 amide bonds. The Morgan fingerprint density at radius 1 is 1.24 bits per heavy atom. The largest absolute Gasteiger partial charge is 0.398 e. The molecular formula is C12H10ClN3O. The van der Waals surface area contributed by atoms with Gasteiger partial charge in [-0.2, -0.15) is 0 Å². The summed E-state index contributed by atoms with van der Waals surface area (Å²) in [6.45, 7) is 0. The highest BCUT2D eigenvalue weighted by atomic mass is 35.5. The Kier molecular flexibility index (Phi) is 3.25. The second kappa shape index (κ2) is 4.84. The minimum absolute atomic E-state index is 0.237. The van der Waals surface area contributed by atoms with Crippen molar-refractivity contribution in [2.24, 2.45) is 0 Å². The van der Waals surface area contributed by atoms with Crippen LogP contribution in [0.2, 0.25) is 5.02 Å². The van der Waals surface area contributed by atoms with E-state index in [1.807, 2.05) is 0 Å². The Morgan fingerprint density at radius 3 is 2.59 bits per heavy atom. The maximum atomic E-state index is 11.8. The topological polar surface area (TPSA) is 68.0 Å². The molecule has 4 nitrogen and oxygen atoms in total. The van der Waals surface area contributed by atoms with Gasteiger partial charge in [-0.15, -0.1) is 0 Å². The van der Waals surface area contributed by atoms with Gasteiger partial charge in [0.1, 0.15) is 0 Å². The van der Waals surface area contributed by atoms with E-state index in [4.69, 9.17) is 17.3 Å². The molecule has 1 aromatic carbocycles. The summed E-state index contributed by atoms with van der Waals surface area (Å²) < 4.78 is 0. The van der Waals surface area contributed by atoms with E-state index in [9.17, 15) is 4.79 Å². The van der Waals surface area contributed by atoms with Gasteiger partial charge in [0.15, 0.2) is 0 Å². The summed E-state index contributed by atoms with van der Waals surface area (Å²) in [5, 5.41) is 3.16. The molecule has 1 aromatic heterocycles. The van der Waals surface area contributed by atoms with Gasteiger partial charge in [0, 0.05) is 23.6 Å². The third kappa shape index (κ3) is 2.73. The second-order valence-corrected chi connectivity index (χ2v) is 3.83. The van der Waals surface area contributed by atoms with Gasteiger partial charge in [-0.05, 0) is 30.3 Å². The van der Waals surface area contributed by atoms with E-state index in [1.165, 1.54) is 0 Å². The van der Waals surface area contributed by atoms with Crippen LogP contribution in [0.1, 0.15) is 10.4 Å². The van der Waals surface area contributed by atoms with Crippen LogP contribution in [0.25, 0.3) is 0 Å². The number of aromatic nitrogens is 1. The van der Waals surface area contributed by atoms with Crippen LogP contribution in [0.4, 0.5) is 11.4 Å². The molecule has 0 aliphatic carbocycles. The fourth-order valence-electron chi connectivity index (χ4n) is 1.32. The van der Waals surface area contributed by atoms with Crippen LogP contribution in [0.15, 0.2) is 42.7 Å². The third-order valence-corrected chi connectivity index (χ3v) is 2.54. The molecule has 1 heterocycles. The quantitative estimate of drug-likeness (QED) is 0.802. The summed E-state index contributed by atoms with van der Waals surface area (Å²) in [5.41, 5.74) is 7.15. The van der Waals surface area contributed by atoms with Crippen LogP contribution in [0.5, 0.6) is 0 Å². The smallest absolute Gasteiger partial charge is 0.255 e. The molecule has 2 aromatic rings. The first kappa shape index (κ1) is 11.4. The second-order valence-electron chi connectivity index (χ2n) is 3.43. The van der Waals surface area contributed by atoms with Gasteiger partial charge in [-0.25, -0.2) is 0 Å². The van der Waals surface area contributed by atoms with E-state index in [2.05, 4.69) is 10.3 Å². The van der Waals surface area contributed by atoms with Crippen LogP contribution < -0.4 is 11.1 Å². The minimum Gasteiger partial charge on any atom is -0.398 e. The van der Waals surface area contributed by atoms with E-state index in [0.29, 0.717) is 22.0 Å². The van der Waals surface area contributed by atoms with E-state index in [1.54, 1.807) is 42.7 Å². The van der Waals surface area contributed by atoms with Crippen molar-refractivity contribution in [3.05, 3.63) is 53.3 Å². The SMILES string of the molecule is Nc1cc(C(=O)Nc2ccncc2)ccc1Cl. The Balaban J connectivity index is 2.18. The van der Waals surface area contributed by atoms with Gasteiger partial charge in [0.05, 0.1) is 10.7 Å². The van der Waals surface area contributed by atoms with Crippen LogP contribution in [0, 0.1) is 0 Å². The Morgan fingerprint density at radius 2 is 1.94 bits per heavy atom. The number of amides is 1. The first-order valence-corrected chi connectivity index (χ1v) is 5.31. The van der Waals surface area contributed by atoms with Crippen molar-refractivity contribution in [3.8, 4) is 0 Å². The maximum Gasteiger partial charge on any atom is 0.255 e. The number of nitrogen functional groups attached to an aromatic ring is 1. The van der Waals surface area contributed by atoms with E-state index in [-0.39, 0.29) is 5.91 Å². The lowest BCUT2D eigenvalue weighted by Crippen LogP contribution is -2.12. The Bertz CT molecular complexity index is 543. The number of nitrogens with zero attached hydrogens (tertiary/aromatic N) is 1. The zero-order chi connectivity index (χ0) is 12.3. The number of hydrogen-bond donors (Lipinski definition) is 2. The summed E-state index contributed by atoms with van der Waals surface area (Å²) in [5.74, 6) is -0.237. The molecule has 0 aliphatic rings. The summed E-state index contributed by atoms with van der Waals surface area (Å²) in [6.07, 6.45) is 3.21. The van der Waals surface area contributed by atoms with Gasteiger partial charge in [-0.3, -0.25) is 9.78 Å². The number of benzene rings is 1. The number of carbonyl (C=O) groups is 1. The number of nitrogens with two attached hydrogens (primary N) is 1. The molecule has 3 N–H and O–H groups in total. The van der Waals surface area contributed by atoms with Crippen molar-refractivity contribution in [2.75, 3.05) is 11.1 Å². The molecule has 17 heavy (non-hydrogen) atoms. The van der Waals surface area contributed by atoms with Crippen molar-refractivity contribution in [1.29, 1.82) is 0 Å². The molecule has 0 aliphatic heterocycles. The van der Waals surface area contributed by atoms with Crippen LogP contribution in [-0.2, 0) is 0 Å². The molecule has 0 atom stereocenters. The van der Waals surface area contributed by atoms with Crippen LogP contribution in [-0.4, -0.2) is 10.9 Å². The highest BCUT2D eigenvalue weighted by Crippen LogP contribution is 2.20. The highest BCUT2D eigenvalue weighted by Gasteiger charge is 2.07. The summed E-state index contributed by atoms with van der Waals surface area (Å²) >= 11 is 5.78. The van der Waals surface area contributed by atoms with Gasteiger partial charge in [0.25, 0.3) is 5.91 Å². The third-order valence-electron chi connectivity index (χ3n) is 2.20. The average molecular weight is 248 g/mol. The predicted molar refractivity (Wildman–Crippen MR) is 68.1 cm³/mol. The minimum atomic E-state index is -0.237. The molecule has 0 spiro atoms. The molecule has 0 unspecified atom stereocenters. The number of anilines is 2. The van der Waals surface area contributed by atoms with Crippen molar-refractivity contribution in [2.45, 2.75) is 0 Å². The number of carbonyl (C=O) groups excluding carboxylic acids is 1. The molecule has 0 bridgehead atoms. The van der Waals surface area contributed by atoms with E-state index < -0.39 is 0 Å². The Hall–Kier alpha value is -2.07. The molecule has 0 radical (unpaired) electrons. The number of nitrogens with one attached hydrogen (secondary N) is 1. The fourth-order valence-corrected chi connectivity index (χ4v) is 1.44. The summed E-state index contributed by atoms with van der Waals surface area (Å²) in [7, 11) is 0. The van der Waals surface area contributed by atoms with E-state index in [0.717, 1.165) is 0 Å². The van der Waals surface area contributed by atoms with E-state index >= 15 is 0 Å². The summed E-state index contributed by atoms with van der Waals surface area (Å²) in [6, 6.07) is 8.17. The zero-order valence-corrected chi connectivity index (χ0v) is 9.61. The van der Waals surface area contributed by atoms with Gasteiger partial charge in [0.2, 0.25) is 0 Å². The molecule has 86 valence electrons. The molecular weight excluding hydrogens is 238 g/mol. The Labute approximate surface area is 103 Å². The maximum absolute atomic E-state index is 11.8. The predicted octanol–water partition coefficient (Wildman–Crippen LogP) is 2.57. The lowest BCUT2D eigenvalue weighted by molar-refractivity contribution is 0.102. The summed E-state index contributed by atoms with van der Waals surface area (Å²) in [4.78, 5) is 15.7. The normalized spacial score (nSPS) is 9.94. The lowest BCUT2D eigenvalue weighted by atomic mass is 10.2. The highest BCUT2D eigenvalue weighted by molar-refractivity contribution is 6.33. The van der Waals surface area contributed by atoms with Crippen LogP contribution in [0.3, 0.4) is 0 Å². The van der Waals surface area contributed by atoms with Gasteiger partial charge >= 0.3 is 0 Å². The first-order chi connectivity index (χ1) is 8.16. The van der Waals surface area contributed by atoms with Crippen molar-refractivity contribution in [3.63, 3.8) is 0 Å². The van der Waals surface area contributed by atoms with Gasteiger partial charge < -0.3 is 11.1 Å². The molecule has 2 rings (SSSR count). The number of hydrogen-bond acceptors (Lipinski definition) is 3. The molecule has 5 heteroatoms. The molecule has 0 saturated carbocycles. The van der Waals surface area contributed by atoms with Gasteiger partial charge in [-0.1, -0.05) is 11.6 Å². The number of pyridine rings is 1. The molecule has 0 fully saturated rings. The van der Waals surface area contributed by atoms with Crippen molar-refractivity contribution < 1.29 is 4.79 Å². The average Bonchev–Trinajstić information content (AvgIpc) is 2.34. The van der Waals surface area contributed by atoms with Crippen molar-refractivity contribution >= 4 is 28.9 Å². The number of rotatable bonds is 2. The lowest BCUT2D eigenvalue weighted by Gasteiger charge is -2.06. The zero-order valence-electron chi connectivity index (χ0n) is 8.85. The van der Waals surface area contributed by atoms with Crippen LogP contribution >= 0.6 is 11.6 Å².